The van der Waals surface area contributed by atoms with Crippen LogP contribution >= 0.6 is 0 Å². The summed E-state index contributed by atoms with van der Waals surface area (Å²) >= 11 is 0. The molecule has 0 radical (unpaired) electrons. The molecule has 0 aliphatic heterocycles. The maximum Gasteiger partial charge on any atom is 0.147 e. The first-order valence-corrected chi connectivity index (χ1v) is 10.2. The summed E-state index contributed by atoms with van der Waals surface area (Å²) in [6, 6.07) is 7.75. The molecule has 0 aliphatic rings. The van der Waals surface area contributed by atoms with Gasteiger partial charge in [-0.2, -0.15) is 0 Å². The number of pyridine rings is 2. The van der Waals surface area contributed by atoms with Crippen molar-refractivity contribution in [2.24, 2.45) is 0 Å². The van der Waals surface area contributed by atoms with Crippen LogP contribution in [0.4, 0.5) is 11.6 Å². The van der Waals surface area contributed by atoms with Gasteiger partial charge in [0.2, 0.25) is 0 Å². The van der Waals surface area contributed by atoms with Crippen LogP contribution in [0.5, 0.6) is 0 Å². The average Bonchev–Trinajstić information content (AvgIpc) is 2.80. The Labute approximate surface area is 180 Å². The van der Waals surface area contributed by atoms with Crippen LogP contribution in [0.1, 0.15) is 50.7 Å². The van der Waals surface area contributed by atoms with E-state index in [0.717, 1.165) is 22.8 Å². The zero-order chi connectivity index (χ0) is 22.4. The predicted molar refractivity (Wildman–Crippen MR) is 120 cm³/mol. The molecule has 7 nitrogen and oxygen atoms in total. The number of carbonyl (C=O) groups is 1. The van der Waals surface area contributed by atoms with Crippen LogP contribution in [0.3, 0.4) is 0 Å². The highest BCUT2D eigenvalue weighted by Gasteiger charge is 2.24. The van der Waals surface area contributed by atoms with Crippen LogP contribution < -0.4 is 9.80 Å². The zero-order valence-corrected chi connectivity index (χ0v) is 19.3. The fourth-order valence-corrected chi connectivity index (χ4v) is 3.12. The Kier molecular flexibility index (Phi) is 8.32. The van der Waals surface area contributed by atoms with Crippen molar-refractivity contribution in [2.45, 2.75) is 52.0 Å². The Morgan fingerprint density at radius 2 is 1.13 bits per heavy atom. The van der Waals surface area contributed by atoms with E-state index in [-0.39, 0.29) is 30.1 Å². The molecule has 2 heterocycles. The van der Waals surface area contributed by atoms with Crippen molar-refractivity contribution in [3.63, 3.8) is 0 Å². The molecular weight excluding hydrogens is 380 g/mol. The largest absolute Gasteiger partial charge is 0.362 e. The zero-order valence-electron chi connectivity index (χ0n) is 19.3. The van der Waals surface area contributed by atoms with Gasteiger partial charge in [-0.05, 0) is 37.1 Å². The minimum Gasteiger partial charge on any atom is -0.362 e. The van der Waals surface area contributed by atoms with Gasteiger partial charge in [-0.3, -0.25) is 4.79 Å². The van der Waals surface area contributed by atoms with Crippen LogP contribution in [-0.2, 0) is 14.3 Å². The molecule has 0 saturated heterocycles. The summed E-state index contributed by atoms with van der Waals surface area (Å²) in [6.07, 6.45) is 3.38. The van der Waals surface area contributed by atoms with Gasteiger partial charge in [0.25, 0.3) is 0 Å². The van der Waals surface area contributed by atoms with Crippen molar-refractivity contribution in [3.05, 3.63) is 47.8 Å². The normalized spacial score (nSPS) is 15.2. The van der Waals surface area contributed by atoms with Gasteiger partial charge in [-0.1, -0.05) is 26.0 Å². The number of aromatic nitrogens is 2. The molecule has 4 atom stereocenters. The second-order valence-corrected chi connectivity index (χ2v) is 7.64. The Morgan fingerprint density at radius 3 is 1.40 bits per heavy atom. The third-order valence-corrected chi connectivity index (χ3v) is 5.89. The SMILES string of the molecule is COC(C)N(C)c1ccc(C(C)C(=O)C(C)c2ccc(N(C)C(C)OC)nc2)cn1. The molecule has 0 aromatic carbocycles. The molecule has 7 heteroatoms. The Morgan fingerprint density at radius 1 is 0.767 bits per heavy atom. The van der Waals surface area contributed by atoms with Gasteiger partial charge in [0, 0.05) is 52.5 Å². The van der Waals surface area contributed by atoms with E-state index < -0.39 is 0 Å². The third kappa shape index (κ3) is 5.34. The van der Waals surface area contributed by atoms with E-state index in [2.05, 4.69) is 9.97 Å². The minimum atomic E-state index is -0.262. The lowest BCUT2D eigenvalue weighted by Gasteiger charge is -2.25. The molecule has 2 aromatic rings. The predicted octanol–water partition coefficient (Wildman–Crippen LogP) is 3.81. The van der Waals surface area contributed by atoms with Crippen LogP contribution in [0.2, 0.25) is 0 Å². The van der Waals surface area contributed by atoms with Crippen molar-refractivity contribution in [3.8, 4) is 0 Å². The second-order valence-electron chi connectivity index (χ2n) is 7.64. The van der Waals surface area contributed by atoms with Crippen molar-refractivity contribution in [2.75, 3.05) is 38.1 Å². The Bertz CT molecular complexity index is 743. The first-order valence-electron chi connectivity index (χ1n) is 10.2. The lowest BCUT2D eigenvalue weighted by atomic mass is 9.87. The third-order valence-electron chi connectivity index (χ3n) is 5.89. The number of carbonyl (C=O) groups excluding carboxylic acids is 1. The summed E-state index contributed by atoms with van der Waals surface area (Å²) in [5.41, 5.74) is 1.79. The molecule has 164 valence electrons. The van der Waals surface area contributed by atoms with Crippen LogP contribution in [0.25, 0.3) is 0 Å². The molecule has 4 unspecified atom stereocenters. The molecule has 30 heavy (non-hydrogen) atoms. The van der Waals surface area contributed by atoms with E-state index in [9.17, 15) is 4.79 Å². The topological polar surface area (TPSA) is 67.8 Å². The molecule has 0 amide bonds. The monoisotopic (exact) mass is 414 g/mol. The average molecular weight is 415 g/mol. The molecule has 2 aromatic heterocycles. The Balaban J connectivity index is 2.10. The van der Waals surface area contributed by atoms with Crippen molar-refractivity contribution in [1.82, 2.24) is 9.97 Å². The summed E-state index contributed by atoms with van der Waals surface area (Å²) in [6.45, 7) is 7.76. The fraction of sp³-hybridized carbons (Fsp3) is 0.522. The van der Waals surface area contributed by atoms with E-state index >= 15 is 0 Å². The van der Waals surface area contributed by atoms with E-state index in [4.69, 9.17) is 9.47 Å². The van der Waals surface area contributed by atoms with Gasteiger partial charge in [0.15, 0.2) is 0 Å². The smallest absolute Gasteiger partial charge is 0.147 e. The lowest BCUT2D eigenvalue weighted by Crippen LogP contribution is -2.31. The van der Waals surface area contributed by atoms with E-state index in [1.807, 2.05) is 75.9 Å². The van der Waals surface area contributed by atoms with E-state index in [1.54, 1.807) is 26.6 Å². The Hall–Kier alpha value is -2.51. The summed E-state index contributed by atoms with van der Waals surface area (Å²) in [7, 11) is 7.17. The number of Topliss-reactive ketones (excluding diaryl/α,β-unsaturated/α-hetero) is 1. The molecule has 0 fully saturated rings. The van der Waals surface area contributed by atoms with Crippen LogP contribution in [0, 0.1) is 0 Å². The number of ketones is 1. The lowest BCUT2D eigenvalue weighted by molar-refractivity contribution is -0.121. The quantitative estimate of drug-likeness (QED) is 0.548. The highest BCUT2D eigenvalue weighted by molar-refractivity contribution is 5.91. The fourth-order valence-electron chi connectivity index (χ4n) is 3.12. The molecule has 0 bridgehead atoms. The highest BCUT2D eigenvalue weighted by Crippen LogP contribution is 2.27. The van der Waals surface area contributed by atoms with Gasteiger partial charge < -0.3 is 19.3 Å². The second kappa shape index (κ2) is 10.5. The standard InChI is InChI=1S/C23H34N4O3/c1-15(19-9-11-21(24-13-19)26(5)17(3)29-7)23(28)16(2)20-10-12-22(25-14-20)27(6)18(4)30-8/h9-18H,1-8H3. The van der Waals surface area contributed by atoms with Crippen LogP contribution in [-0.4, -0.2) is 56.5 Å². The number of nitrogens with zero attached hydrogens (tertiary/aromatic N) is 4. The molecule has 0 N–H and O–H groups in total. The molecular formula is C23H34N4O3. The highest BCUT2D eigenvalue weighted by atomic mass is 16.5. The summed E-state index contributed by atoms with van der Waals surface area (Å²) in [4.78, 5) is 26.0. The van der Waals surface area contributed by atoms with Crippen LogP contribution in [0.15, 0.2) is 36.7 Å². The van der Waals surface area contributed by atoms with Gasteiger partial charge in [0.1, 0.15) is 29.9 Å². The van der Waals surface area contributed by atoms with Gasteiger partial charge >= 0.3 is 0 Å². The maximum atomic E-state index is 13.1. The summed E-state index contributed by atoms with van der Waals surface area (Å²) in [5.74, 6) is 1.21. The number of hydrogen-bond donors (Lipinski definition) is 0. The number of hydrogen-bond acceptors (Lipinski definition) is 7. The van der Waals surface area contributed by atoms with Crippen molar-refractivity contribution >= 4 is 17.4 Å². The molecule has 0 spiro atoms. The first kappa shape index (κ1) is 23.8. The summed E-state index contributed by atoms with van der Waals surface area (Å²) in [5, 5.41) is 0. The van der Waals surface area contributed by atoms with Gasteiger partial charge in [-0.15, -0.1) is 0 Å². The number of methoxy groups -OCH3 is 2. The number of ether oxygens (including phenoxy) is 2. The van der Waals surface area contributed by atoms with Crippen molar-refractivity contribution in [1.29, 1.82) is 0 Å². The van der Waals surface area contributed by atoms with E-state index in [1.165, 1.54) is 0 Å². The summed E-state index contributed by atoms with van der Waals surface area (Å²) < 4.78 is 10.6. The maximum absolute atomic E-state index is 13.1. The molecule has 0 saturated carbocycles. The molecule has 2 rings (SSSR count). The van der Waals surface area contributed by atoms with Crippen molar-refractivity contribution < 1.29 is 14.3 Å². The molecule has 0 aliphatic carbocycles. The van der Waals surface area contributed by atoms with Gasteiger partial charge in [0.05, 0.1) is 0 Å². The number of rotatable bonds is 10. The minimum absolute atomic E-state index is 0.0798. The first-order chi connectivity index (χ1) is 14.2. The van der Waals surface area contributed by atoms with E-state index in [0.29, 0.717) is 0 Å². The van der Waals surface area contributed by atoms with Gasteiger partial charge in [-0.25, -0.2) is 9.97 Å². The number of anilines is 2.